The maximum atomic E-state index is 13.1. The lowest BCUT2D eigenvalue weighted by molar-refractivity contribution is -0.128. The number of rotatable bonds is 2. The summed E-state index contributed by atoms with van der Waals surface area (Å²) in [5.41, 5.74) is 1.90. The molecule has 5 nitrogen and oxygen atoms in total. The number of hydrogen-bond acceptors (Lipinski definition) is 2. The molecule has 6 heteroatoms. The number of nitrogens with zero attached hydrogens (tertiary/aromatic N) is 1. The standard InChI is InChI=1S/C19H16ClN3O2/c20-15-13-8-4-5-9-14(13)22-16(15)19(25)23-11-10-21-18(24)17(23)12-6-2-1-3-7-12/h1-9,17,22H,10-11H2,(H,21,24). The van der Waals surface area contributed by atoms with E-state index in [1.807, 2.05) is 54.6 Å². The first-order valence-electron chi connectivity index (χ1n) is 8.06. The summed E-state index contributed by atoms with van der Waals surface area (Å²) < 4.78 is 0. The third kappa shape index (κ3) is 2.66. The Hall–Kier alpha value is -2.79. The van der Waals surface area contributed by atoms with Gasteiger partial charge in [0.15, 0.2) is 0 Å². The highest BCUT2D eigenvalue weighted by Gasteiger charge is 2.36. The predicted molar refractivity (Wildman–Crippen MR) is 96.5 cm³/mol. The van der Waals surface area contributed by atoms with Gasteiger partial charge in [-0.1, -0.05) is 60.1 Å². The Morgan fingerprint density at radius 3 is 2.56 bits per heavy atom. The van der Waals surface area contributed by atoms with E-state index in [4.69, 9.17) is 11.6 Å². The molecule has 1 aromatic heterocycles. The fourth-order valence-corrected chi connectivity index (χ4v) is 3.54. The average Bonchev–Trinajstić information content (AvgIpc) is 2.99. The number of H-pyrrole nitrogens is 1. The van der Waals surface area contributed by atoms with Crippen molar-refractivity contribution in [3.8, 4) is 0 Å². The Morgan fingerprint density at radius 2 is 1.80 bits per heavy atom. The van der Waals surface area contributed by atoms with Crippen molar-refractivity contribution < 1.29 is 9.59 Å². The number of amides is 2. The number of halogens is 1. The molecular weight excluding hydrogens is 338 g/mol. The fraction of sp³-hybridized carbons (Fsp3) is 0.158. The minimum absolute atomic E-state index is 0.182. The lowest BCUT2D eigenvalue weighted by atomic mass is 10.0. The lowest BCUT2D eigenvalue weighted by Gasteiger charge is -2.35. The summed E-state index contributed by atoms with van der Waals surface area (Å²) in [6.07, 6.45) is 0. The Morgan fingerprint density at radius 1 is 1.08 bits per heavy atom. The van der Waals surface area contributed by atoms with Crippen LogP contribution in [0.15, 0.2) is 54.6 Å². The highest BCUT2D eigenvalue weighted by atomic mass is 35.5. The molecule has 0 bridgehead atoms. The minimum Gasteiger partial charge on any atom is -0.352 e. The largest absolute Gasteiger partial charge is 0.352 e. The number of aromatic nitrogens is 1. The van der Waals surface area contributed by atoms with Gasteiger partial charge >= 0.3 is 0 Å². The van der Waals surface area contributed by atoms with Crippen molar-refractivity contribution in [2.75, 3.05) is 13.1 Å². The number of aromatic amines is 1. The van der Waals surface area contributed by atoms with Crippen molar-refractivity contribution in [1.29, 1.82) is 0 Å². The van der Waals surface area contributed by atoms with Crippen LogP contribution in [0, 0.1) is 0 Å². The Labute approximate surface area is 149 Å². The van der Waals surface area contributed by atoms with Gasteiger partial charge in [-0.3, -0.25) is 9.59 Å². The second-order valence-corrected chi connectivity index (χ2v) is 6.34. The first kappa shape index (κ1) is 15.7. The second kappa shape index (κ2) is 6.26. The number of hydrogen-bond donors (Lipinski definition) is 2. The molecule has 0 aliphatic carbocycles. The van der Waals surface area contributed by atoms with E-state index in [1.165, 1.54) is 0 Å². The van der Waals surface area contributed by atoms with Gasteiger partial charge in [-0.15, -0.1) is 0 Å². The predicted octanol–water partition coefficient (Wildman–Crippen LogP) is 3.13. The molecule has 1 aliphatic heterocycles. The molecule has 1 fully saturated rings. The van der Waals surface area contributed by atoms with E-state index < -0.39 is 6.04 Å². The van der Waals surface area contributed by atoms with Crippen molar-refractivity contribution in [2.45, 2.75) is 6.04 Å². The van der Waals surface area contributed by atoms with Crippen molar-refractivity contribution in [3.63, 3.8) is 0 Å². The van der Waals surface area contributed by atoms with Gasteiger partial charge in [-0.2, -0.15) is 0 Å². The number of nitrogens with one attached hydrogen (secondary N) is 2. The van der Waals surface area contributed by atoms with Gasteiger partial charge in [-0.25, -0.2) is 0 Å². The second-order valence-electron chi connectivity index (χ2n) is 5.96. The van der Waals surface area contributed by atoms with Gasteiger partial charge in [0.25, 0.3) is 5.91 Å². The summed E-state index contributed by atoms with van der Waals surface area (Å²) in [6, 6.07) is 16.1. The van der Waals surface area contributed by atoms with E-state index in [1.54, 1.807) is 4.90 Å². The summed E-state index contributed by atoms with van der Waals surface area (Å²) in [6.45, 7) is 0.849. The first-order chi connectivity index (χ1) is 12.2. The molecule has 2 N–H and O–H groups in total. The van der Waals surface area contributed by atoms with Crippen LogP contribution in [0.5, 0.6) is 0 Å². The lowest BCUT2D eigenvalue weighted by Crippen LogP contribution is -2.52. The van der Waals surface area contributed by atoms with Crippen LogP contribution in [0.3, 0.4) is 0 Å². The summed E-state index contributed by atoms with van der Waals surface area (Å²) in [5.74, 6) is -0.456. The van der Waals surface area contributed by atoms with Gasteiger partial charge in [0.05, 0.1) is 5.02 Å². The number of fused-ring (bicyclic) bond motifs is 1. The van der Waals surface area contributed by atoms with Crippen LogP contribution in [0.1, 0.15) is 22.1 Å². The van der Waals surface area contributed by atoms with E-state index in [9.17, 15) is 9.59 Å². The zero-order valence-corrected chi connectivity index (χ0v) is 14.1. The van der Waals surface area contributed by atoms with Gasteiger partial charge in [0, 0.05) is 24.0 Å². The molecule has 2 aromatic carbocycles. The number of carbonyl (C=O) groups excluding carboxylic acids is 2. The molecule has 3 aromatic rings. The molecule has 126 valence electrons. The highest BCUT2D eigenvalue weighted by Crippen LogP contribution is 2.31. The molecule has 2 amide bonds. The monoisotopic (exact) mass is 353 g/mol. The number of piperazine rings is 1. The molecule has 0 saturated carbocycles. The van der Waals surface area contributed by atoms with Crippen LogP contribution >= 0.6 is 11.6 Å². The molecule has 1 aliphatic rings. The summed E-state index contributed by atoms with van der Waals surface area (Å²) >= 11 is 6.42. The van der Waals surface area contributed by atoms with E-state index in [0.717, 1.165) is 16.5 Å². The molecule has 2 heterocycles. The third-order valence-electron chi connectivity index (χ3n) is 4.44. The van der Waals surface area contributed by atoms with Gasteiger partial charge in [0.2, 0.25) is 5.91 Å². The zero-order valence-electron chi connectivity index (χ0n) is 13.3. The van der Waals surface area contributed by atoms with Crippen LogP contribution in [-0.2, 0) is 4.79 Å². The number of carbonyl (C=O) groups is 2. The van der Waals surface area contributed by atoms with E-state index >= 15 is 0 Å². The smallest absolute Gasteiger partial charge is 0.272 e. The van der Waals surface area contributed by atoms with Crippen molar-refractivity contribution in [3.05, 3.63) is 70.9 Å². The van der Waals surface area contributed by atoms with E-state index in [-0.39, 0.29) is 11.8 Å². The third-order valence-corrected chi connectivity index (χ3v) is 4.84. The van der Waals surface area contributed by atoms with Crippen LogP contribution in [-0.4, -0.2) is 34.8 Å². The van der Waals surface area contributed by atoms with Crippen molar-refractivity contribution >= 4 is 34.3 Å². The Kier molecular flexibility index (Phi) is 3.93. The molecule has 1 unspecified atom stereocenters. The zero-order chi connectivity index (χ0) is 17.4. The molecule has 25 heavy (non-hydrogen) atoms. The maximum Gasteiger partial charge on any atom is 0.272 e. The van der Waals surface area contributed by atoms with Crippen LogP contribution in [0.2, 0.25) is 5.02 Å². The summed E-state index contributed by atoms with van der Waals surface area (Å²) in [5, 5.41) is 4.02. The van der Waals surface area contributed by atoms with Crippen molar-refractivity contribution in [1.82, 2.24) is 15.2 Å². The topological polar surface area (TPSA) is 65.2 Å². The molecular formula is C19H16ClN3O2. The summed E-state index contributed by atoms with van der Waals surface area (Å²) in [7, 11) is 0. The molecule has 1 saturated heterocycles. The van der Waals surface area contributed by atoms with Crippen LogP contribution in [0.25, 0.3) is 10.9 Å². The normalized spacial score (nSPS) is 17.6. The molecule has 4 rings (SSSR count). The van der Waals surface area contributed by atoms with E-state index in [0.29, 0.717) is 23.8 Å². The molecule has 0 radical (unpaired) electrons. The number of para-hydroxylation sites is 1. The highest BCUT2D eigenvalue weighted by molar-refractivity contribution is 6.38. The van der Waals surface area contributed by atoms with Crippen LogP contribution in [0.4, 0.5) is 0 Å². The van der Waals surface area contributed by atoms with Crippen LogP contribution < -0.4 is 5.32 Å². The number of benzene rings is 2. The maximum absolute atomic E-state index is 13.1. The van der Waals surface area contributed by atoms with E-state index in [2.05, 4.69) is 10.3 Å². The molecule has 0 spiro atoms. The van der Waals surface area contributed by atoms with Gasteiger partial charge < -0.3 is 15.2 Å². The first-order valence-corrected chi connectivity index (χ1v) is 8.44. The fourth-order valence-electron chi connectivity index (χ4n) is 3.25. The quantitative estimate of drug-likeness (QED) is 0.743. The SMILES string of the molecule is O=C1NCCN(C(=O)c2[nH]c3ccccc3c2Cl)C1c1ccccc1. The van der Waals surface area contributed by atoms with Gasteiger partial charge in [0.1, 0.15) is 11.7 Å². The summed E-state index contributed by atoms with van der Waals surface area (Å²) in [4.78, 5) is 30.3. The minimum atomic E-state index is -0.662. The Balaban J connectivity index is 1.76. The molecule has 1 atom stereocenters. The average molecular weight is 354 g/mol. The Bertz CT molecular complexity index is 952. The van der Waals surface area contributed by atoms with Crippen molar-refractivity contribution in [2.24, 2.45) is 0 Å². The van der Waals surface area contributed by atoms with Gasteiger partial charge in [-0.05, 0) is 11.6 Å².